The van der Waals surface area contributed by atoms with Crippen LogP contribution in [-0.4, -0.2) is 37.2 Å². The molecule has 0 aliphatic heterocycles. The molecule has 64 heavy (non-hydrogen) atoms. The van der Waals surface area contributed by atoms with Crippen molar-refractivity contribution in [2.45, 2.75) is 290 Å². The number of carbonyl (C=O) groups is 3. The van der Waals surface area contributed by atoms with E-state index in [1.165, 1.54) is 167 Å². The number of carbonyl (C=O) groups excluding carboxylic acids is 3. The summed E-state index contributed by atoms with van der Waals surface area (Å²) in [5.41, 5.74) is 0. The molecular formula is C58H104O6. The van der Waals surface area contributed by atoms with Gasteiger partial charge in [-0.3, -0.25) is 14.4 Å². The predicted molar refractivity (Wildman–Crippen MR) is 275 cm³/mol. The Bertz CT molecular complexity index is 1120. The second kappa shape index (κ2) is 53.0. The Hall–Kier alpha value is -2.63. The summed E-state index contributed by atoms with van der Waals surface area (Å²) < 4.78 is 16.8. The Morgan fingerprint density at radius 2 is 0.562 bits per heavy atom. The summed E-state index contributed by atoms with van der Waals surface area (Å²) in [5, 5.41) is 0. The number of hydrogen-bond donors (Lipinski definition) is 0. The number of allylic oxidation sites excluding steroid dienone is 8. The van der Waals surface area contributed by atoms with E-state index in [0.717, 1.165) is 77.0 Å². The second-order valence-electron chi connectivity index (χ2n) is 18.5. The van der Waals surface area contributed by atoms with Crippen molar-refractivity contribution in [3.63, 3.8) is 0 Å². The zero-order chi connectivity index (χ0) is 46.5. The second-order valence-corrected chi connectivity index (χ2v) is 18.5. The third-order valence-electron chi connectivity index (χ3n) is 12.1. The van der Waals surface area contributed by atoms with Crippen molar-refractivity contribution in [2.75, 3.05) is 13.2 Å². The first-order valence-corrected chi connectivity index (χ1v) is 27.6. The van der Waals surface area contributed by atoms with E-state index in [4.69, 9.17) is 14.2 Å². The van der Waals surface area contributed by atoms with E-state index in [-0.39, 0.29) is 31.1 Å². The van der Waals surface area contributed by atoms with Crippen LogP contribution in [0.25, 0.3) is 0 Å². The molecule has 0 fully saturated rings. The monoisotopic (exact) mass is 897 g/mol. The normalized spacial score (nSPS) is 12.4. The third kappa shape index (κ3) is 50.4. The van der Waals surface area contributed by atoms with Crippen LogP contribution in [0, 0.1) is 0 Å². The number of hydrogen-bond acceptors (Lipinski definition) is 6. The average Bonchev–Trinajstić information content (AvgIpc) is 3.29. The fourth-order valence-corrected chi connectivity index (χ4v) is 7.86. The minimum Gasteiger partial charge on any atom is -0.462 e. The highest BCUT2D eigenvalue weighted by atomic mass is 16.6. The molecule has 1 unspecified atom stereocenters. The molecular weight excluding hydrogens is 793 g/mol. The Balaban J connectivity index is 4.32. The molecule has 1 atom stereocenters. The van der Waals surface area contributed by atoms with E-state index in [0.29, 0.717) is 19.3 Å². The molecule has 372 valence electrons. The molecule has 0 aromatic carbocycles. The number of ether oxygens (including phenoxy) is 3. The standard InChI is InChI=1S/C58H104O6/c1-4-7-10-13-16-19-22-24-26-28-29-31-32-34-36-39-42-45-48-51-57(60)63-54-55(53-62-56(59)50-47-44-41-38-21-18-15-12-9-6-3)64-58(61)52-49-46-43-40-37-35-33-30-27-25-23-20-17-14-11-8-5-2/h16-17,19-20,24-27,55H,4-15,18,21-23,28-54H2,1-3H3/b19-16-,20-17-,26-24-,27-25-. The van der Waals surface area contributed by atoms with Crippen LogP contribution in [-0.2, 0) is 28.6 Å². The summed E-state index contributed by atoms with van der Waals surface area (Å²) in [7, 11) is 0. The van der Waals surface area contributed by atoms with Gasteiger partial charge in [0.25, 0.3) is 0 Å². The van der Waals surface area contributed by atoms with Gasteiger partial charge in [0.2, 0.25) is 0 Å². The van der Waals surface area contributed by atoms with Crippen LogP contribution in [0.5, 0.6) is 0 Å². The fourth-order valence-electron chi connectivity index (χ4n) is 7.86. The van der Waals surface area contributed by atoms with Gasteiger partial charge in [0, 0.05) is 19.3 Å². The van der Waals surface area contributed by atoms with Gasteiger partial charge in [-0.25, -0.2) is 0 Å². The van der Waals surface area contributed by atoms with Crippen LogP contribution in [0.1, 0.15) is 284 Å². The van der Waals surface area contributed by atoms with Gasteiger partial charge in [-0.15, -0.1) is 0 Å². The third-order valence-corrected chi connectivity index (χ3v) is 12.1. The van der Waals surface area contributed by atoms with Crippen LogP contribution < -0.4 is 0 Å². The van der Waals surface area contributed by atoms with Crippen LogP contribution in [0.3, 0.4) is 0 Å². The molecule has 0 amide bonds. The minimum absolute atomic E-state index is 0.0753. The topological polar surface area (TPSA) is 78.9 Å². The Kier molecular flexibility index (Phi) is 50.8. The zero-order valence-corrected chi connectivity index (χ0v) is 42.6. The lowest BCUT2D eigenvalue weighted by Crippen LogP contribution is -2.30. The number of unbranched alkanes of at least 4 members (excludes halogenated alkanes) is 31. The van der Waals surface area contributed by atoms with E-state index >= 15 is 0 Å². The summed E-state index contributed by atoms with van der Waals surface area (Å²) >= 11 is 0. The number of rotatable bonds is 50. The molecule has 0 bridgehead atoms. The average molecular weight is 897 g/mol. The lowest BCUT2D eigenvalue weighted by Gasteiger charge is -2.18. The molecule has 0 saturated heterocycles. The summed E-state index contributed by atoms with van der Waals surface area (Å²) in [6.07, 6.45) is 63.8. The van der Waals surface area contributed by atoms with Gasteiger partial charge >= 0.3 is 17.9 Å². The predicted octanol–water partition coefficient (Wildman–Crippen LogP) is 18.3. The highest BCUT2D eigenvalue weighted by Crippen LogP contribution is 2.15. The Morgan fingerprint density at radius 3 is 0.891 bits per heavy atom. The van der Waals surface area contributed by atoms with Gasteiger partial charge in [-0.1, -0.05) is 230 Å². The minimum atomic E-state index is -0.776. The summed E-state index contributed by atoms with van der Waals surface area (Å²) in [6, 6.07) is 0. The quantitative estimate of drug-likeness (QED) is 0.0262. The number of esters is 3. The smallest absolute Gasteiger partial charge is 0.306 e. The van der Waals surface area contributed by atoms with Crippen molar-refractivity contribution >= 4 is 17.9 Å². The van der Waals surface area contributed by atoms with Gasteiger partial charge in [0.1, 0.15) is 13.2 Å². The molecule has 0 saturated carbocycles. The van der Waals surface area contributed by atoms with Gasteiger partial charge in [0.05, 0.1) is 0 Å². The molecule has 0 aromatic rings. The van der Waals surface area contributed by atoms with Crippen LogP contribution in [0.4, 0.5) is 0 Å². The molecule has 0 aliphatic rings. The summed E-state index contributed by atoms with van der Waals surface area (Å²) in [5.74, 6) is -0.879. The first-order chi connectivity index (χ1) is 31.5. The van der Waals surface area contributed by atoms with E-state index < -0.39 is 6.10 Å². The van der Waals surface area contributed by atoms with E-state index in [9.17, 15) is 14.4 Å². The Morgan fingerprint density at radius 1 is 0.312 bits per heavy atom. The SMILES string of the molecule is CCCCC/C=C\C/C=C\CCCCCCCCCCCC(=O)OCC(COC(=O)CCCCCCCCCCCC)OC(=O)CCCCCCCCC/C=C\C/C=C\CCCCC. The molecule has 0 radical (unpaired) electrons. The lowest BCUT2D eigenvalue weighted by atomic mass is 10.1. The van der Waals surface area contributed by atoms with E-state index in [1.54, 1.807) is 0 Å². The van der Waals surface area contributed by atoms with Crippen molar-refractivity contribution < 1.29 is 28.6 Å². The van der Waals surface area contributed by atoms with Crippen molar-refractivity contribution in [2.24, 2.45) is 0 Å². The molecule has 0 heterocycles. The van der Waals surface area contributed by atoms with Crippen molar-refractivity contribution in [3.8, 4) is 0 Å². The molecule has 0 aromatic heterocycles. The van der Waals surface area contributed by atoms with Gasteiger partial charge in [-0.2, -0.15) is 0 Å². The van der Waals surface area contributed by atoms with Crippen molar-refractivity contribution in [1.82, 2.24) is 0 Å². The van der Waals surface area contributed by atoms with Gasteiger partial charge in [-0.05, 0) is 83.5 Å². The summed E-state index contributed by atoms with van der Waals surface area (Å²) in [6.45, 7) is 6.59. The molecule has 0 N–H and O–H groups in total. The first kappa shape index (κ1) is 61.4. The molecule has 0 spiro atoms. The largest absolute Gasteiger partial charge is 0.462 e. The van der Waals surface area contributed by atoms with E-state index in [1.807, 2.05) is 0 Å². The van der Waals surface area contributed by atoms with E-state index in [2.05, 4.69) is 69.4 Å². The van der Waals surface area contributed by atoms with Crippen LogP contribution in [0.15, 0.2) is 48.6 Å². The zero-order valence-electron chi connectivity index (χ0n) is 42.6. The lowest BCUT2D eigenvalue weighted by molar-refractivity contribution is -0.167. The molecule has 6 heteroatoms. The maximum Gasteiger partial charge on any atom is 0.306 e. The highest BCUT2D eigenvalue weighted by Gasteiger charge is 2.19. The fraction of sp³-hybridized carbons (Fsp3) is 0.810. The molecule has 0 aliphatic carbocycles. The van der Waals surface area contributed by atoms with Crippen LogP contribution >= 0.6 is 0 Å². The van der Waals surface area contributed by atoms with Gasteiger partial charge < -0.3 is 14.2 Å². The molecule has 6 nitrogen and oxygen atoms in total. The van der Waals surface area contributed by atoms with Crippen molar-refractivity contribution in [1.29, 1.82) is 0 Å². The van der Waals surface area contributed by atoms with Crippen LogP contribution in [0.2, 0.25) is 0 Å². The first-order valence-electron chi connectivity index (χ1n) is 27.6. The van der Waals surface area contributed by atoms with Gasteiger partial charge in [0.15, 0.2) is 6.10 Å². The highest BCUT2D eigenvalue weighted by molar-refractivity contribution is 5.71. The molecule has 0 rings (SSSR count). The summed E-state index contributed by atoms with van der Waals surface area (Å²) in [4.78, 5) is 38.0. The maximum absolute atomic E-state index is 12.8. The maximum atomic E-state index is 12.8. The Labute approximate surface area is 397 Å². The van der Waals surface area contributed by atoms with Crippen molar-refractivity contribution in [3.05, 3.63) is 48.6 Å².